The van der Waals surface area contributed by atoms with Crippen LogP contribution in [-0.2, 0) is 6.54 Å². The lowest BCUT2D eigenvalue weighted by atomic mass is 10.2. The molecule has 3 nitrogen and oxygen atoms in total. The summed E-state index contributed by atoms with van der Waals surface area (Å²) in [6, 6.07) is 5.11. The van der Waals surface area contributed by atoms with Crippen LogP contribution in [0.4, 0.5) is 5.69 Å². The van der Waals surface area contributed by atoms with Crippen molar-refractivity contribution in [2.75, 3.05) is 18.0 Å². The molecule has 0 amide bonds. The Morgan fingerprint density at radius 3 is 2.88 bits per heavy atom. The molecule has 0 saturated heterocycles. The molecule has 1 N–H and O–H groups in total. The van der Waals surface area contributed by atoms with Crippen molar-refractivity contribution in [3.63, 3.8) is 0 Å². The molecule has 0 spiro atoms. The molecule has 1 fully saturated rings. The molecule has 0 atom stereocenters. The van der Waals surface area contributed by atoms with Crippen LogP contribution >= 0.6 is 0 Å². The topological polar surface area (TPSA) is 28.2 Å². The summed E-state index contributed by atoms with van der Waals surface area (Å²) < 4.78 is 0. The monoisotopic (exact) mass is 219 g/mol. The van der Waals surface area contributed by atoms with Gasteiger partial charge in [-0.05, 0) is 38.4 Å². The average Bonchev–Trinajstić information content (AvgIpc) is 3.12. The number of rotatable bonds is 6. The fourth-order valence-corrected chi connectivity index (χ4v) is 2.03. The van der Waals surface area contributed by atoms with Crippen LogP contribution < -0.4 is 10.2 Å². The molecule has 0 unspecified atom stereocenters. The van der Waals surface area contributed by atoms with Crippen LogP contribution in [-0.4, -0.2) is 24.1 Å². The largest absolute Gasteiger partial charge is 0.369 e. The summed E-state index contributed by atoms with van der Waals surface area (Å²) in [5, 5.41) is 3.31. The van der Waals surface area contributed by atoms with E-state index in [-0.39, 0.29) is 0 Å². The summed E-state index contributed by atoms with van der Waals surface area (Å²) in [6.45, 7) is 7.29. The van der Waals surface area contributed by atoms with E-state index in [4.69, 9.17) is 0 Å². The van der Waals surface area contributed by atoms with E-state index in [1.54, 1.807) is 0 Å². The second-order valence-electron chi connectivity index (χ2n) is 4.30. The molecular weight excluding hydrogens is 198 g/mol. The van der Waals surface area contributed by atoms with Crippen molar-refractivity contribution in [2.24, 2.45) is 0 Å². The van der Waals surface area contributed by atoms with E-state index in [0.717, 1.165) is 31.4 Å². The Labute approximate surface area is 97.9 Å². The van der Waals surface area contributed by atoms with E-state index in [2.05, 4.69) is 41.2 Å². The first-order valence-corrected chi connectivity index (χ1v) is 6.27. The summed E-state index contributed by atoms with van der Waals surface area (Å²) in [5.41, 5.74) is 2.46. The van der Waals surface area contributed by atoms with Crippen LogP contribution in [0.1, 0.15) is 32.4 Å². The lowest BCUT2D eigenvalue weighted by Crippen LogP contribution is -2.25. The second-order valence-corrected chi connectivity index (χ2v) is 4.30. The quantitative estimate of drug-likeness (QED) is 0.795. The van der Waals surface area contributed by atoms with Crippen molar-refractivity contribution in [3.05, 3.63) is 24.0 Å². The molecule has 0 aromatic carbocycles. The highest BCUT2D eigenvalue weighted by Gasteiger charge is 2.28. The predicted molar refractivity (Wildman–Crippen MR) is 67.7 cm³/mol. The molecule has 0 radical (unpaired) electrons. The van der Waals surface area contributed by atoms with Gasteiger partial charge in [0.05, 0.1) is 5.69 Å². The fourth-order valence-electron chi connectivity index (χ4n) is 2.03. The van der Waals surface area contributed by atoms with Gasteiger partial charge in [0.2, 0.25) is 0 Å². The van der Waals surface area contributed by atoms with Crippen LogP contribution in [0.15, 0.2) is 18.3 Å². The molecule has 1 aliphatic carbocycles. The third-order valence-electron chi connectivity index (χ3n) is 3.02. The van der Waals surface area contributed by atoms with E-state index in [1.165, 1.54) is 18.5 Å². The van der Waals surface area contributed by atoms with Gasteiger partial charge in [0.15, 0.2) is 0 Å². The van der Waals surface area contributed by atoms with Crippen LogP contribution in [0.25, 0.3) is 0 Å². The number of nitrogens with zero attached hydrogens (tertiary/aromatic N) is 2. The Morgan fingerprint density at radius 2 is 2.25 bits per heavy atom. The lowest BCUT2D eigenvalue weighted by molar-refractivity contribution is 0.709. The van der Waals surface area contributed by atoms with Gasteiger partial charge in [-0.15, -0.1) is 0 Å². The normalized spacial score (nSPS) is 15.1. The Bertz CT molecular complexity index is 334. The molecule has 1 aliphatic rings. The van der Waals surface area contributed by atoms with Crippen LogP contribution in [0.2, 0.25) is 0 Å². The third-order valence-corrected chi connectivity index (χ3v) is 3.02. The SMILES string of the molecule is CCNCc1cc(N(CC)C2CC2)ccn1. The molecule has 16 heavy (non-hydrogen) atoms. The number of anilines is 1. The minimum Gasteiger partial charge on any atom is -0.369 e. The smallest absolute Gasteiger partial charge is 0.0562 e. The van der Waals surface area contributed by atoms with Crippen molar-refractivity contribution in [3.8, 4) is 0 Å². The van der Waals surface area contributed by atoms with Gasteiger partial charge in [0.25, 0.3) is 0 Å². The van der Waals surface area contributed by atoms with Crippen molar-refractivity contribution >= 4 is 5.69 Å². The number of hydrogen-bond acceptors (Lipinski definition) is 3. The third kappa shape index (κ3) is 2.73. The number of nitrogens with one attached hydrogen (secondary N) is 1. The molecular formula is C13H21N3. The maximum atomic E-state index is 4.38. The molecule has 3 heteroatoms. The molecule has 1 aromatic heterocycles. The van der Waals surface area contributed by atoms with Gasteiger partial charge in [-0.25, -0.2) is 0 Å². The van der Waals surface area contributed by atoms with Crippen LogP contribution in [0.3, 0.4) is 0 Å². The first kappa shape index (κ1) is 11.4. The van der Waals surface area contributed by atoms with Gasteiger partial charge >= 0.3 is 0 Å². The fraction of sp³-hybridized carbons (Fsp3) is 0.615. The zero-order chi connectivity index (χ0) is 11.4. The van der Waals surface area contributed by atoms with Gasteiger partial charge in [-0.3, -0.25) is 4.98 Å². The van der Waals surface area contributed by atoms with Gasteiger partial charge in [-0.2, -0.15) is 0 Å². The minimum absolute atomic E-state index is 0.777. The minimum atomic E-state index is 0.777. The first-order valence-electron chi connectivity index (χ1n) is 6.27. The van der Waals surface area contributed by atoms with E-state index in [9.17, 15) is 0 Å². The maximum Gasteiger partial charge on any atom is 0.0562 e. The highest BCUT2D eigenvalue weighted by Crippen LogP contribution is 2.31. The molecule has 0 bridgehead atoms. The Balaban J connectivity index is 2.07. The highest BCUT2D eigenvalue weighted by atomic mass is 15.2. The summed E-state index contributed by atoms with van der Waals surface area (Å²) in [5.74, 6) is 0. The summed E-state index contributed by atoms with van der Waals surface area (Å²) in [6.07, 6.45) is 4.62. The van der Waals surface area contributed by atoms with E-state index in [0.29, 0.717) is 0 Å². The summed E-state index contributed by atoms with van der Waals surface area (Å²) in [4.78, 5) is 6.87. The zero-order valence-corrected chi connectivity index (χ0v) is 10.2. The van der Waals surface area contributed by atoms with Crippen molar-refractivity contribution in [1.29, 1.82) is 0 Å². The number of hydrogen-bond donors (Lipinski definition) is 1. The van der Waals surface area contributed by atoms with Gasteiger partial charge in [-0.1, -0.05) is 6.92 Å². The predicted octanol–water partition coefficient (Wildman–Crippen LogP) is 2.18. The first-order chi connectivity index (χ1) is 7.85. The Kier molecular flexibility index (Phi) is 3.78. The van der Waals surface area contributed by atoms with Crippen molar-refractivity contribution in [2.45, 2.75) is 39.3 Å². The van der Waals surface area contributed by atoms with Crippen molar-refractivity contribution < 1.29 is 0 Å². The highest BCUT2D eigenvalue weighted by molar-refractivity contribution is 5.48. The standard InChI is InChI=1S/C13H21N3/c1-3-14-10-11-9-13(7-8-15-11)16(4-2)12-5-6-12/h7-9,12,14H,3-6,10H2,1-2H3. The Hall–Kier alpha value is -1.09. The molecule has 0 aliphatic heterocycles. The lowest BCUT2D eigenvalue weighted by Gasteiger charge is -2.23. The van der Waals surface area contributed by atoms with E-state index >= 15 is 0 Å². The Morgan fingerprint density at radius 1 is 1.44 bits per heavy atom. The number of aromatic nitrogens is 1. The van der Waals surface area contributed by atoms with E-state index in [1.807, 2.05) is 6.20 Å². The average molecular weight is 219 g/mol. The second kappa shape index (κ2) is 5.30. The zero-order valence-electron chi connectivity index (χ0n) is 10.2. The molecule has 1 aromatic rings. The van der Waals surface area contributed by atoms with Gasteiger partial charge < -0.3 is 10.2 Å². The van der Waals surface area contributed by atoms with Crippen LogP contribution in [0, 0.1) is 0 Å². The van der Waals surface area contributed by atoms with Gasteiger partial charge in [0, 0.05) is 31.0 Å². The van der Waals surface area contributed by atoms with Crippen LogP contribution in [0.5, 0.6) is 0 Å². The maximum absolute atomic E-state index is 4.38. The molecule has 88 valence electrons. The number of pyridine rings is 1. The molecule has 2 rings (SSSR count). The van der Waals surface area contributed by atoms with Gasteiger partial charge in [0.1, 0.15) is 0 Å². The summed E-state index contributed by atoms with van der Waals surface area (Å²) in [7, 11) is 0. The van der Waals surface area contributed by atoms with E-state index < -0.39 is 0 Å². The molecule has 1 saturated carbocycles. The molecule has 1 heterocycles. The summed E-state index contributed by atoms with van der Waals surface area (Å²) >= 11 is 0. The van der Waals surface area contributed by atoms with Crippen molar-refractivity contribution in [1.82, 2.24) is 10.3 Å².